The number of pyridine rings is 1. The number of aryl methyl sites for hydroxylation is 1. The first-order chi connectivity index (χ1) is 18.9. The second-order valence-electron chi connectivity index (χ2n) is 10.3. The van der Waals surface area contributed by atoms with E-state index in [1.165, 1.54) is 12.1 Å². The maximum atomic E-state index is 15.1. The summed E-state index contributed by atoms with van der Waals surface area (Å²) in [5, 5.41) is 5.06. The van der Waals surface area contributed by atoms with Crippen LogP contribution in [0, 0.1) is 18.6 Å². The number of rotatable bonds is 5. The average Bonchev–Trinajstić information content (AvgIpc) is 3.39. The quantitative estimate of drug-likeness (QED) is 0.373. The van der Waals surface area contributed by atoms with Gasteiger partial charge in [0, 0.05) is 35.3 Å². The molecule has 1 saturated carbocycles. The van der Waals surface area contributed by atoms with Crippen molar-refractivity contribution >= 4 is 22.9 Å². The van der Waals surface area contributed by atoms with E-state index in [0.29, 0.717) is 72.1 Å². The largest absolute Gasteiger partial charge is 0.475 e. The number of halogens is 2. The van der Waals surface area contributed by atoms with E-state index >= 15 is 4.39 Å². The number of ether oxygens (including phenoxy) is 2. The van der Waals surface area contributed by atoms with Crippen LogP contribution < -0.4 is 4.90 Å². The van der Waals surface area contributed by atoms with E-state index in [4.69, 9.17) is 24.4 Å². The van der Waals surface area contributed by atoms with Crippen molar-refractivity contribution in [3.8, 4) is 11.3 Å². The maximum Gasteiger partial charge on any atom is 0.228 e. The molecule has 1 aliphatic carbocycles. The predicted octanol–water partition coefficient (Wildman–Crippen LogP) is 4.55. The van der Waals surface area contributed by atoms with Crippen molar-refractivity contribution in [2.75, 3.05) is 31.1 Å². The van der Waals surface area contributed by atoms with E-state index in [1.807, 2.05) is 35.7 Å². The fraction of sp³-hybridized carbons (Fsp3) is 0.393. The SMILES string of the molecule is Cc1nc2nc(N3C[C@@H](C)O[C@@H](c4cnn(C5CC5)c4)C3)nc(-c3ccc(F)cc3F)c2cc1C1=NCCO1. The van der Waals surface area contributed by atoms with E-state index < -0.39 is 11.6 Å². The number of hydrogen-bond donors (Lipinski definition) is 0. The number of anilines is 1. The number of benzene rings is 1. The molecule has 2 atom stereocenters. The van der Waals surface area contributed by atoms with Crippen molar-refractivity contribution in [3.63, 3.8) is 0 Å². The Kier molecular flexibility index (Phi) is 5.76. The molecule has 3 aliphatic rings. The van der Waals surface area contributed by atoms with Crippen LogP contribution in [0.15, 0.2) is 41.7 Å². The van der Waals surface area contributed by atoms with Gasteiger partial charge in [0.2, 0.25) is 11.8 Å². The van der Waals surface area contributed by atoms with E-state index in [0.717, 1.165) is 24.5 Å². The first kappa shape index (κ1) is 24.1. The Morgan fingerprint density at radius 2 is 1.90 bits per heavy atom. The fourth-order valence-corrected chi connectivity index (χ4v) is 5.23. The minimum Gasteiger partial charge on any atom is -0.475 e. The number of aliphatic imine (C=N–C) groups is 1. The molecule has 4 aromatic rings. The van der Waals surface area contributed by atoms with E-state index in [2.05, 4.69) is 16.3 Å². The summed E-state index contributed by atoms with van der Waals surface area (Å²) in [4.78, 5) is 20.9. The second-order valence-corrected chi connectivity index (χ2v) is 10.3. The lowest BCUT2D eigenvalue weighted by molar-refractivity contribution is -0.0178. The average molecular weight is 532 g/mol. The van der Waals surface area contributed by atoms with Gasteiger partial charge in [-0.05, 0) is 44.9 Å². The lowest BCUT2D eigenvalue weighted by atomic mass is 10.0. The third-order valence-electron chi connectivity index (χ3n) is 7.33. The van der Waals surface area contributed by atoms with Crippen LogP contribution in [0.3, 0.4) is 0 Å². The molecule has 9 nitrogen and oxygen atoms in total. The fourth-order valence-electron chi connectivity index (χ4n) is 5.23. The van der Waals surface area contributed by atoms with Gasteiger partial charge in [-0.15, -0.1) is 0 Å². The molecular weight excluding hydrogens is 504 g/mol. The molecule has 5 heterocycles. The minimum atomic E-state index is -0.710. The zero-order chi connectivity index (χ0) is 26.7. The van der Waals surface area contributed by atoms with Crippen LogP contribution in [0.4, 0.5) is 14.7 Å². The monoisotopic (exact) mass is 531 g/mol. The van der Waals surface area contributed by atoms with Crippen LogP contribution >= 0.6 is 0 Å². The summed E-state index contributed by atoms with van der Waals surface area (Å²) in [6, 6.07) is 5.80. The van der Waals surface area contributed by atoms with Gasteiger partial charge in [-0.2, -0.15) is 10.1 Å². The molecule has 1 saturated heterocycles. The summed E-state index contributed by atoms with van der Waals surface area (Å²) in [5.41, 5.74) is 3.30. The van der Waals surface area contributed by atoms with Gasteiger partial charge in [-0.25, -0.2) is 23.7 Å². The molecule has 2 fully saturated rings. The summed E-state index contributed by atoms with van der Waals surface area (Å²) >= 11 is 0. The molecule has 3 aromatic heterocycles. The Balaban J connectivity index is 1.33. The van der Waals surface area contributed by atoms with Gasteiger partial charge in [-0.3, -0.25) is 4.68 Å². The van der Waals surface area contributed by atoms with Crippen molar-refractivity contribution in [3.05, 3.63) is 65.1 Å². The van der Waals surface area contributed by atoms with Crippen molar-refractivity contribution in [1.29, 1.82) is 0 Å². The molecule has 1 aromatic carbocycles. The van der Waals surface area contributed by atoms with Crippen molar-refractivity contribution < 1.29 is 18.3 Å². The van der Waals surface area contributed by atoms with Crippen molar-refractivity contribution in [1.82, 2.24) is 24.7 Å². The van der Waals surface area contributed by atoms with Gasteiger partial charge >= 0.3 is 0 Å². The van der Waals surface area contributed by atoms with Gasteiger partial charge in [0.25, 0.3) is 0 Å². The van der Waals surface area contributed by atoms with Crippen molar-refractivity contribution in [2.45, 2.75) is 44.9 Å². The van der Waals surface area contributed by atoms with Gasteiger partial charge in [-0.1, -0.05) is 0 Å². The Morgan fingerprint density at radius 3 is 2.67 bits per heavy atom. The zero-order valence-electron chi connectivity index (χ0n) is 21.6. The van der Waals surface area contributed by atoms with E-state index in [-0.39, 0.29) is 17.8 Å². The molecule has 200 valence electrons. The Morgan fingerprint density at radius 1 is 1.03 bits per heavy atom. The molecule has 0 N–H and O–H groups in total. The summed E-state index contributed by atoms with van der Waals surface area (Å²) in [6.45, 7) is 5.98. The summed E-state index contributed by atoms with van der Waals surface area (Å²) < 4.78 is 42.9. The first-order valence-corrected chi connectivity index (χ1v) is 13.2. The molecule has 0 bridgehead atoms. The number of fused-ring (bicyclic) bond motifs is 1. The standard InChI is InChI=1S/C28H27F2N7O2/c1-15-12-36(14-24(39-15)17-11-32-37(13-17)19-4-5-19)28-34-25(20-6-3-18(29)9-23(20)30)22-10-21(27-31-7-8-38-27)16(2)33-26(22)35-28/h3,6,9-11,13,15,19,24H,4-5,7-8,12,14H2,1-2H3/t15-,24-/m1/s1. The summed E-state index contributed by atoms with van der Waals surface area (Å²) in [7, 11) is 0. The van der Waals surface area contributed by atoms with Gasteiger partial charge < -0.3 is 14.4 Å². The highest BCUT2D eigenvalue weighted by atomic mass is 19.1. The molecule has 0 spiro atoms. The highest BCUT2D eigenvalue weighted by Gasteiger charge is 2.32. The second kappa shape index (κ2) is 9.33. The third kappa shape index (κ3) is 4.50. The summed E-state index contributed by atoms with van der Waals surface area (Å²) in [6.07, 6.45) is 5.89. The molecule has 0 radical (unpaired) electrons. The molecule has 39 heavy (non-hydrogen) atoms. The Hall–Kier alpha value is -3.99. The third-order valence-corrected chi connectivity index (χ3v) is 7.33. The van der Waals surface area contributed by atoms with Crippen LogP contribution in [0.5, 0.6) is 0 Å². The molecule has 2 aliphatic heterocycles. The molecular formula is C28H27F2N7O2. The van der Waals surface area contributed by atoms with Crippen LogP contribution in [-0.2, 0) is 9.47 Å². The molecule has 11 heteroatoms. The van der Waals surface area contributed by atoms with Gasteiger partial charge in [0.15, 0.2) is 5.65 Å². The number of hydrogen-bond acceptors (Lipinski definition) is 8. The van der Waals surface area contributed by atoms with E-state index in [1.54, 1.807) is 0 Å². The molecule has 0 amide bonds. The minimum absolute atomic E-state index is 0.104. The van der Waals surface area contributed by atoms with Gasteiger partial charge in [0.05, 0.1) is 48.4 Å². The molecule has 7 rings (SSSR count). The van der Waals surface area contributed by atoms with E-state index in [9.17, 15) is 4.39 Å². The normalized spacial score (nSPS) is 21.3. The molecule has 0 unspecified atom stereocenters. The first-order valence-electron chi connectivity index (χ1n) is 13.2. The number of nitrogens with zero attached hydrogens (tertiary/aromatic N) is 7. The maximum absolute atomic E-state index is 15.1. The number of aromatic nitrogens is 5. The Labute approximate surface area is 223 Å². The van der Waals surface area contributed by atoms with Crippen LogP contribution in [0.25, 0.3) is 22.3 Å². The summed E-state index contributed by atoms with van der Waals surface area (Å²) in [5.74, 6) is -0.466. The highest BCUT2D eigenvalue weighted by molar-refractivity contribution is 6.01. The van der Waals surface area contributed by atoms with Crippen LogP contribution in [-0.4, -0.2) is 63.0 Å². The lowest BCUT2D eigenvalue weighted by Crippen LogP contribution is -2.43. The Bertz CT molecular complexity index is 1620. The topological polar surface area (TPSA) is 90.6 Å². The smallest absolute Gasteiger partial charge is 0.228 e. The van der Waals surface area contributed by atoms with Crippen LogP contribution in [0.1, 0.15) is 48.7 Å². The van der Waals surface area contributed by atoms with Crippen molar-refractivity contribution in [2.24, 2.45) is 4.99 Å². The highest BCUT2D eigenvalue weighted by Crippen LogP contribution is 2.36. The van der Waals surface area contributed by atoms with Crippen LogP contribution in [0.2, 0.25) is 0 Å². The zero-order valence-corrected chi connectivity index (χ0v) is 21.6. The predicted molar refractivity (Wildman–Crippen MR) is 141 cm³/mol. The lowest BCUT2D eigenvalue weighted by Gasteiger charge is -2.36. The van der Waals surface area contributed by atoms with Gasteiger partial charge in [0.1, 0.15) is 24.3 Å². The number of morpholine rings is 1.